The third kappa shape index (κ3) is 3.21. The van der Waals surface area contributed by atoms with Gasteiger partial charge in [0, 0.05) is 43.5 Å². The first kappa shape index (κ1) is 15.5. The van der Waals surface area contributed by atoms with Crippen molar-refractivity contribution in [2.75, 3.05) is 13.1 Å². The summed E-state index contributed by atoms with van der Waals surface area (Å²) in [5.41, 5.74) is 1.58. The molecule has 1 atom stereocenters. The van der Waals surface area contributed by atoms with Crippen LogP contribution in [0.15, 0.2) is 24.4 Å². The predicted molar refractivity (Wildman–Crippen MR) is 85.3 cm³/mol. The number of aromatic nitrogens is 1. The molecule has 1 aromatic heterocycles. The van der Waals surface area contributed by atoms with Crippen LogP contribution in [0.5, 0.6) is 0 Å². The van der Waals surface area contributed by atoms with E-state index in [0.29, 0.717) is 17.9 Å². The summed E-state index contributed by atoms with van der Waals surface area (Å²) in [6.45, 7) is 4.96. The van der Waals surface area contributed by atoms with Crippen molar-refractivity contribution >= 4 is 22.7 Å². The van der Waals surface area contributed by atoms with Gasteiger partial charge in [-0.05, 0) is 29.7 Å². The fraction of sp³-hybridized carbons (Fsp3) is 0.412. The molecule has 1 aliphatic rings. The lowest BCUT2D eigenvalue weighted by Crippen LogP contribution is -2.56. The number of fused-ring (bicyclic) bond motifs is 1. The van der Waals surface area contributed by atoms with E-state index in [2.05, 4.69) is 17.2 Å². The number of amides is 2. The van der Waals surface area contributed by atoms with Gasteiger partial charge in [-0.2, -0.15) is 0 Å². The van der Waals surface area contributed by atoms with Crippen LogP contribution in [-0.2, 0) is 16.0 Å². The van der Waals surface area contributed by atoms with E-state index in [1.54, 1.807) is 17.2 Å². The SMILES string of the molecule is CC(=O)NC(Cc1c[nH]c2cc(F)ccc12)C(=O)N1CC(C)C1. The second-order valence-electron chi connectivity index (χ2n) is 6.31. The summed E-state index contributed by atoms with van der Waals surface area (Å²) in [6, 6.07) is 3.92. The Kier molecular flexibility index (Phi) is 4.07. The molecule has 1 fully saturated rings. The molecule has 0 bridgehead atoms. The monoisotopic (exact) mass is 317 g/mol. The molecule has 1 saturated heterocycles. The molecule has 2 heterocycles. The molecule has 2 amide bonds. The summed E-state index contributed by atoms with van der Waals surface area (Å²) < 4.78 is 13.3. The highest BCUT2D eigenvalue weighted by molar-refractivity contribution is 5.89. The van der Waals surface area contributed by atoms with Crippen molar-refractivity contribution in [1.29, 1.82) is 0 Å². The van der Waals surface area contributed by atoms with Crippen molar-refractivity contribution < 1.29 is 14.0 Å². The largest absolute Gasteiger partial charge is 0.361 e. The molecule has 1 aromatic carbocycles. The van der Waals surface area contributed by atoms with Crippen LogP contribution in [-0.4, -0.2) is 40.8 Å². The lowest BCUT2D eigenvalue weighted by atomic mass is 9.98. The second-order valence-corrected chi connectivity index (χ2v) is 6.31. The van der Waals surface area contributed by atoms with E-state index in [9.17, 15) is 14.0 Å². The molecule has 122 valence electrons. The van der Waals surface area contributed by atoms with Gasteiger partial charge in [0.25, 0.3) is 0 Å². The Morgan fingerprint density at radius 2 is 2.17 bits per heavy atom. The number of carbonyl (C=O) groups is 2. The maximum Gasteiger partial charge on any atom is 0.245 e. The Morgan fingerprint density at radius 1 is 1.43 bits per heavy atom. The van der Waals surface area contributed by atoms with Crippen LogP contribution in [0.3, 0.4) is 0 Å². The average molecular weight is 317 g/mol. The van der Waals surface area contributed by atoms with Crippen LogP contribution in [0.4, 0.5) is 4.39 Å². The number of likely N-dealkylation sites (tertiary alicyclic amines) is 1. The number of nitrogens with one attached hydrogen (secondary N) is 2. The number of hydrogen-bond donors (Lipinski definition) is 2. The Hall–Kier alpha value is -2.37. The molecule has 3 rings (SSSR count). The summed E-state index contributed by atoms with van der Waals surface area (Å²) in [6.07, 6.45) is 2.15. The molecule has 1 aliphatic heterocycles. The average Bonchev–Trinajstić information content (AvgIpc) is 2.84. The number of nitrogens with zero attached hydrogens (tertiary/aromatic N) is 1. The molecule has 0 radical (unpaired) electrons. The van der Waals surface area contributed by atoms with Crippen molar-refractivity contribution in [2.45, 2.75) is 26.3 Å². The summed E-state index contributed by atoms with van der Waals surface area (Å²) in [7, 11) is 0. The lowest BCUT2D eigenvalue weighted by Gasteiger charge is -2.39. The van der Waals surface area contributed by atoms with Gasteiger partial charge in [0.1, 0.15) is 11.9 Å². The molecule has 1 unspecified atom stereocenters. The number of carbonyl (C=O) groups excluding carboxylic acids is 2. The van der Waals surface area contributed by atoms with Crippen LogP contribution in [0.1, 0.15) is 19.4 Å². The smallest absolute Gasteiger partial charge is 0.245 e. The second kappa shape index (κ2) is 6.02. The summed E-state index contributed by atoms with van der Waals surface area (Å²) in [5.74, 6) is -0.0967. The highest BCUT2D eigenvalue weighted by Crippen LogP contribution is 2.22. The quantitative estimate of drug-likeness (QED) is 0.903. The fourth-order valence-corrected chi connectivity index (χ4v) is 3.09. The third-order valence-corrected chi connectivity index (χ3v) is 4.20. The van der Waals surface area contributed by atoms with Crippen molar-refractivity contribution in [1.82, 2.24) is 15.2 Å². The highest BCUT2D eigenvalue weighted by Gasteiger charge is 2.32. The Morgan fingerprint density at radius 3 is 2.83 bits per heavy atom. The molecule has 2 aromatic rings. The number of rotatable bonds is 4. The van der Waals surface area contributed by atoms with Crippen molar-refractivity contribution in [3.8, 4) is 0 Å². The molecule has 5 nitrogen and oxygen atoms in total. The molecular weight excluding hydrogens is 297 g/mol. The first-order valence-corrected chi connectivity index (χ1v) is 7.75. The summed E-state index contributed by atoms with van der Waals surface area (Å²) in [4.78, 5) is 28.8. The van der Waals surface area contributed by atoms with Crippen LogP contribution in [0, 0.1) is 11.7 Å². The Bertz CT molecular complexity index is 749. The minimum Gasteiger partial charge on any atom is -0.361 e. The maximum atomic E-state index is 13.3. The Labute approximate surface area is 133 Å². The van der Waals surface area contributed by atoms with Gasteiger partial charge in [-0.3, -0.25) is 9.59 Å². The number of H-pyrrole nitrogens is 1. The fourth-order valence-electron chi connectivity index (χ4n) is 3.09. The van der Waals surface area contributed by atoms with Crippen LogP contribution in [0.2, 0.25) is 0 Å². The lowest BCUT2D eigenvalue weighted by molar-refractivity contribution is -0.141. The number of hydrogen-bond acceptors (Lipinski definition) is 2. The number of benzene rings is 1. The minimum atomic E-state index is -0.593. The van der Waals surface area contributed by atoms with E-state index >= 15 is 0 Å². The maximum absolute atomic E-state index is 13.3. The van der Waals surface area contributed by atoms with E-state index in [-0.39, 0.29) is 17.6 Å². The van der Waals surface area contributed by atoms with Crippen molar-refractivity contribution in [3.05, 3.63) is 35.8 Å². The standard InChI is InChI=1S/C17H20FN3O2/c1-10-8-21(9-10)17(23)16(20-11(2)22)5-12-7-19-15-6-13(18)3-4-14(12)15/h3-4,6-7,10,16,19H,5,8-9H2,1-2H3,(H,20,22). The van der Waals surface area contributed by atoms with Gasteiger partial charge in [-0.15, -0.1) is 0 Å². The van der Waals surface area contributed by atoms with E-state index in [1.165, 1.54) is 19.1 Å². The highest BCUT2D eigenvalue weighted by atomic mass is 19.1. The zero-order valence-corrected chi connectivity index (χ0v) is 13.2. The van der Waals surface area contributed by atoms with Gasteiger partial charge in [0.15, 0.2) is 0 Å². The van der Waals surface area contributed by atoms with Gasteiger partial charge in [0.05, 0.1) is 0 Å². The van der Waals surface area contributed by atoms with Gasteiger partial charge < -0.3 is 15.2 Å². The van der Waals surface area contributed by atoms with Crippen molar-refractivity contribution in [2.24, 2.45) is 5.92 Å². The first-order valence-electron chi connectivity index (χ1n) is 7.75. The molecule has 0 spiro atoms. The Balaban J connectivity index is 1.82. The first-order chi connectivity index (χ1) is 10.9. The van der Waals surface area contributed by atoms with E-state index in [1.807, 2.05) is 0 Å². The zero-order chi connectivity index (χ0) is 16.6. The van der Waals surface area contributed by atoms with Gasteiger partial charge in [0.2, 0.25) is 11.8 Å². The van der Waals surface area contributed by atoms with E-state index in [4.69, 9.17) is 0 Å². The van der Waals surface area contributed by atoms with Crippen LogP contribution >= 0.6 is 0 Å². The molecular formula is C17H20FN3O2. The molecule has 6 heteroatoms. The van der Waals surface area contributed by atoms with Gasteiger partial charge in [-0.1, -0.05) is 6.92 Å². The zero-order valence-electron chi connectivity index (χ0n) is 13.2. The van der Waals surface area contributed by atoms with Gasteiger partial charge in [-0.25, -0.2) is 4.39 Å². The molecule has 2 N–H and O–H groups in total. The topological polar surface area (TPSA) is 65.2 Å². The number of halogens is 1. The van der Waals surface area contributed by atoms with Gasteiger partial charge >= 0.3 is 0 Å². The number of aromatic amines is 1. The van der Waals surface area contributed by atoms with Crippen LogP contribution < -0.4 is 5.32 Å². The normalized spacial score (nSPS) is 16.2. The summed E-state index contributed by atoms with van der Waals surface area (Å²) >= 11 is 0. The van der Waals surface area contributed by atoms with E-state index < -0.39 is 6.04 Å². The minimum absolute atomic E-state index is 0.0604. The van der Waals surface area contributed by atoms with Crippen molar-refractivity contribution in [3.63, 3.8) is 0 Å². The molecule has 0 saturated carbocycles. The third-order valence-electron chi connectivity index (χ3n) is 4.20. The molecule has 23 heavy (non-hydrogen) atoms. The summed E-state index contributed by atoms with van der Waals surface area (Å²) in [5, 5.41) is 3.61. The predicted octanol–water partition coefficient (Wildman–Crippen LogP) is 1.83. The van der Waals surface area contributed by atoms with E-state index in [0.717, 1.165) is 24.0 Å². The van der Waals surface area contributed by atoms with Crippen LogP contribution in [0.25, 0.3) is 10.9 Å². The molecule has 0 aliphatic carbocycles.